The lowest BCUT2D eigenvalue weighted by Gasteiger charge is -2.39. The van der Waals surface area contributed by atoms with Gasteiger partial charge in [-0.15, -0.1) is 0 Å². The molecule has 3 heterocycles. The molecule has 148 valence electrons. The molecule has 1 atom stereocenters. The van der Waals surface area contributed by atoms with E-state index in [1.54, 1.807) is 6.07 Å². The molecule has 2 aliphatic heterocycles. The molecule has 0 radical (unpaired) electrons. The Kier molecular flexibility index (Phi) is 5.83. The van der Waals surface area contributed by atoms with Gasteiger partial charge in [0, 0.05) is 52.0 Å². The van der Waals surface area contributed by atoms with E-state index < -0.39 is 0 Å². The van der Waals surface area contributed by atoms with E-state index >= 15 is 0 Å². The molecule has 0 spiro atoms. The van der Waals surface area contributed by atoms with Gasteiger partial charge in [0.15, 0.2) is 0 Å². The molecule has 2 aromatic rings. The quantitative estimate of drug-likeness (QED) is 0.868. The summed E-state index contributed by atoms with van der Waals surface area (Å²) in [6.07, 6.45) is 1.81. The Hall–Kier alpha value is -2.51. The highest BCUT2D eigenvalue weighted by molar-refractivity contribution is 5.79. The van der Waals surface area contributed by atoms with Gasteiger partial charge in [-0.3, -0.25) is 9.69 Å². The number of pyridine rings is 1. The third kappa shape index (κ3) is 4.31. The van der Waals surface area contributed by atoms with Crippen LogP contribution in [-0.4, -0.2) is 73.0 Å². The third-order valence-electron chi connectivity index (χ3n) is 5.50. The first-order chi connectivity index (χ1) is 13.7. The number of carbonyl (C=O) groups excluding carboxylic acids is 1. The summed E-state index contributed by atoms with van der Waals surface area (Å²) in [5.74, 6) is 0.838. The summed E-state index contributed by atoms with van der Waals surface area (Å²) in [5.41, 5.74) is 0.848. The second-order valence-electron chi connectivity index (χ2n) is 7.31. The number of hydrogen-bond acceptors (Lipinski definition) is 5. The molecule has 0 saturated carbocycles. The van der Waals surface area contributed by atoms with Crippen LogP contribution in [0.5, 0.6) is 0 Å². The number of halogens is 1. The Bertz CT molecular complexity index is 794. The molecular weight excluding hydrogens is 357 g/mol. The molecule has 4 rings (SSSR count). The molecule has 1 aromatic carbocycles. The van der Waals surface area contributed by atoms with Crippen molar-refractivity contribution in [3.8, 4) is 0 Å². The molecule has 7 heteroatoms. The summed E-state index contributed by atoms with van der Waals surface area (Å²) in [5, 5.41) is 3.32. The molecule has 28 heavy (non-hydrogen) atoms. The zero-order valence-corrected chi connectivity index (χ0v) is 15.9. The van der Waals surface area contributed by atoms with Crippen molar-refractivity contribution < 1.29 is 9.18 Å². The van der Waals surface area contributed by atoms with Gasteiger partial charge in [0.2, 0.25) is 5.91 Å². The van der Waals surface area contributed by atoms with E-state index in [1.165, 1.54) is 12.1 Å². The fraction of sp³-hybridized carbons (Fsp3) is 0.429. The minimum absolute atomic E-state index is 0.113. The highest BCUT2D eigenvalue weighted by Gasteiger charge is 2.30. The number of nitrogens with one attached hydrogen (secondary N) is 1. The van der Waals surface area contributed by atoms with Crippen molar-refractivity contribution in [3.63, 3.8) is 0 Å². The van der Waals surface area contributed by atoms with Crippen molar-refractivity contribution >= 4 is 11.7 Å². The Balaban J connectivity index is 1.36. The molecule has 1 N–H and O–H groups in total. The first-order valence-electron chi connectivity index (χ1n) is 9.85. The largest absolute Gasteiger partial charge is 0.354 e. The van der Waals surface area contributed by atoms with Gasteiger partial charge in [0.05, 0.1) is 12.6 Å². The standard InChI is InChI=1S/C21H26FN5O/c22-18-5-3-4-17(14-18)19-15-23-8-9-27(19)21(28)16-25-10-12-26(13-11-25)20-6-1-2-7-24-20/h1-7,14,19,23H,8-13,15-16H2. The van der Waals surface area contributed by atoms with E-state index in [1.807, 2.05) is 35.4 Å². The Labute approximate surface area is 165 Å². The number of aromatic nitrogens is 1. The molecule has 1 unspecified atom stereocenters. The van der Waals surface area contributed by atoms with Gasteiger partial charge in [-0.1, -0.05) is 18.2 Å². The Morgan fingerprint density at radius 2 is 1.96 bits per heavy atom. The zero-order chi connectivity index (χ0) is 19.3. The van der Waals surface area contributed by atoms with Crippen LogP contribution in [0.25, 0.3) is 0 Å². The molecule has 6 nitrogen and oxygen atoms in total. The van der Waals surface area contributed by atoms with Gasteiger partial charge in [0.25, 0.3) is 0 Å². The van der Waals surface area contributed by atoms with Gasteiger partial charge < -0.3 is 15.1 Å². The smallest absolute Gasteiger partial charge is 0.237 e. The topological polar surface area (TPSA) is 51.7 Å². The van der Waals surface area contributed by atoms with Gasteiger partial charge in [-0.05, 0) is 29.8 Å². The average molecular weight is 383 g/mol. The number of anilines is 1. The van der Waals surface area contributed by atoms with Crippen molar-refractivity contribution in [1.82, 2.24) is 20.1 Å². The molecule has 2 aliphatic rings. The fourth-order valence-corrected chi connectivity index (χ4v) is 3.97. The Morgan fingerprint density at radius 1 is 1.11 bits per heavy atom. The van der Waals surface area contributed by atoms with Gasteiger partial charge in [-0.25, -0.2) is 9.37 Å². The monoisotopic (exact) mass is 383 g/mol. The van der Waals surface area contributed by atoms with Gasteiger partial charge >= 0.3 is 0 Å². The van der Waals surface area contributed by atoms with Gasteiger partial charge in [-0.2, -0.15) is 0 Å². The fourth-order valence-electron chi connectivity index (χ4n) is 3.97. The summed E-state index contributed by atoms with van der Waals surface area (Å²) in [7, 11) is 0. The van der Waals surface area contributed by atoms with E-state index in [9.17, 15) is 9.18 Å². The van der Waals surface area contributed by atoms with Crippen molar-refractivity contribution in [2.45, 2.75) is 6.04 Å². The molecule has 0 bridgehead atoms. The van der Waals surface area contributed by atoms with Crippen LogP contribution >= 0.6 is 0 Å². The molecular formula is C21H26FN5O. The van der Waals surface area contributed by atoms with Gasteiger partial charge in [0.1, 0.15) is 11.6 Å². The number of amides is 1. The first-order valence-corrected chi connectivity index (χ1v) is 9.85. The van der Waals surface area contributed by atoms with Crippen LogP contribution in [0.3, 0.4) is 0 Å². The molecule has 2 saturated heterocycles. The maximum absolute atomic E-state index is 13.7. The average Bonchev–Trinajstić information content (AvgIpc) is 2.75. The van der Waals surface area contributed by atoms with Crippen LogP contribution in [-0.2, 0) is 4.79 Å². The maximum atomic E-state index is 13.7. The summed E-state index contributed by atoms with van der Waals surface area (Å²) in [6, 6.07) is 12.4. The van der Waals surface area contributed by atoms with Crippen LogP contribution in [0.1, 0.15) is 11.6 Å². The second kappa shape index (κ2) is 8.67. The number of hydrogen-bond donors (Lipinski definition) is 1. The van der Waals surface area contributed by atoms with Crippen molar-refractivity contribution in [3.05, 3.63) is 60.0 Å². The second-order valence-corrected chi connectivity index (χ2v) is 7.31. The lowest BCUT2D eigenvalue weighted by Crippen LogP contribution is -2.54. The maximum Gasteiger partial charge on any atom is 0.237 e. The summed E-state index contributed by atoms with van der Waals surface area (Å²) in [4.78, 5) is 23.8. The highest BCUT2D eigenvalue weighted by Crippen LogP contribution is 2.23. The summed E-state index contributed by atoms with van der Waals surface area (Å²) < 4.78 is 13.7. The van der Waals surface area contributed by atoms with Crippen molar-refractivity contribution in [1.29, 1.82) is 0 Å². The number of nitrogens with zero attached hydrogens (tertiary/aromatic N) is 4. The lowest BCUT2D eigenvalue weighted by atomic mass is 10.0. The summed E-state index contributed by atoms with van der Waals surface area (Å²) in [6.45, 7) is 5.86. The third-order valence-corrected chi connectivity index (χ3v) is 5.50. The van der Waals surface area contributed by atoms with Crippen LogP contribution < -0.4 is 10.2 Å². The van der Waals surface area contributed by atoms with Crippen LogP contribution in [0.2, 0.25) is 0 Å². The minimum Gasteiger partial charge on any atom is -0.354 e. The molecule has 1 amide bonds. The lowest BCUT2D eigenvalue weighted by molar-refractivity contribution is -0.135. The highest BCUT2D eigenvalue weighted by atomic mass is 19.1. The predicted molar refractivity (Wildman–Crippen MR) is 107 cm³/mol. The minimum atomic E-state index is -0.263. The molecule has 1 aromatic heterocycles. The van der Waals surface area contributed by atoms with Crippen LogP contribution in [0.15, 0.2) is 48.7 Å². The summed E-state index contributed by atoms with van der Waals surface area (Å²) >= 11 is 0. The number of rotatable bonds is 4. The Morgan fingerprint density at radius 3 is 2.71 bits per heavy atom. The number of carbonyl (C=O) groups is 1. The number of piperazine rings is 2. The van der Waals surface area contributed by atoms with E-state index in [0.29, 0.717) is 19.6 Å². The molecule has 0 aliphatic carbocycles. The van der Waals surface area contributed by atoms with E-state index in [0.717, 1.165) is 44.1 Å². The number of benzene rings is 1. The van der Waals surface area contributed by atoms with E-state index in [2.05, 4.69) is 20.1 Å². The first kappa shape index (κ1) is 18.8. The van der Waals surface area contributed by atoms with Crippen LogP contribution in [0.4, 0.5) is 10.2 Å². The van der Waals surface area contributed by atoms with Crippen molar-refractivity contribution in [2.75, 3.05) is 57.3 Å². The van der Waals surface area contributed by atoms with E-state index in [4.69, 9.17) is 0 Å². The zero-order valence-electron chi connectivity index (χ0n) is 15.9. The predicted octanol–water partition coefficient (Wildman–Crippen LogP) is 1.52. The van der Waals surface area contributed by atoms with E-state index in [-0.39, 0.29) is 17.8 Å². The van der Waals surface area contributed by atoms with Crippen molar-refractivity contribution in [2.24, 2.45) is 0 Å². The van der Waals surface area contributed by atoms with Crippen LogP contribution in [0, 0.1) is 5.82 Å². The SMILES string of the molecule is O=C(CN1CCN(c2ccccn2)CC1)N1CCNCC1c1cccc(F)c1. The normalized spacial score (nSPS) is 21.0. The molecule has 2 fully saturated rings.